The van der Waals surface area contributed by atoms with Gasteiger partial charge in [-0.1, -0.05) is 28.4 Å². The number of amides is 3. The Hall–Kier alpha value is -1.56. The summed E-state index contributed by atoms with van der Waals surface area (Å²) >= 11 is 3.35. The third kappa shape index (κ3) is 7.46. The molecule has 1 aromatic carbocycles. The van der Waals surface area contributed by atoms with Gasteiger partial charge in [-0.3, -0.25) is 4.79 Å². The number of anilines is 1. The molecule has 0 spiro atoms. The van der Waals surface area contributed by atoms with Crippen molar-refractivity contribution < 1.29 is 9.59 Å². The Morgan fingerprint density at radius 1 is 1.21 bits per heavy atom. The Morgan fingerprint density at radius 2 is 2.00 bits per heavy atom. The van der Waals surface area contributed by atoms with Crippen molar-refractivity contribution in [3.05, 3.63) is 28.7 Å². The normalized spacial score (nSPS) is 9.95. The summed E-state index contributed by atoms with van der Waals surface area (Å²) < 4.78 is 0.933. The van der Waals surface area contributed by atoms with Gasteiger partial charge in [0, 0.05) is 23.1 Å². The second kappa shape index (κ2) is 8.53. The Kier molecular flexibility index (Phi) is 6.95. The van der Waals surface area contributed by atoms with E-state index in [1.807, 2.05) is 24.3 Å². The SMILES string of the molecule is NC(=O)NCCCCCC(=O)Nc1cccc(Br)c1. The summed E-state index contributed by atoms with van der Waals surface area (Å²) in [5, 5.41) is 5.35. The molecule has 1 aromatic rings. The first-order chi connectivity index (χ1) is 9.08. The fourth-order valence-electron chi connectivity index (χ4n) is 1.59. The van der Waals surface area contributed by atoms with E-state index in [2.05, 4.69) is 26.6 Å². The molecule has 0 aromatic heterocycles. The predicted octanol–water partition coefficient (Wildman–Crippen LogP) is 2.62. The van der Waals surface area contributed by atoms with E-state index < -0.39 is 6.03 Å². The molecule has 6 heteroatoms. The molecule has 0 aliphatic heterocycles. The Morgan fingerprint density at radius 3 is 2.68 bits per heavy atom. The molecular weight excluding hydrogens is 310 g/mol. The first kappa shape index (κ1) is 15.5. The number of nitrogens with one attached hydrogen (secondary N) is 2. The van der Waals surface area contributed by atoms with Crippen molar-refractivity contribution in [2.24, 2.45) is 5.73 Å². The van der Waals surface area contributed by atoms with E-state index >= 15 is 0 Å². The van der Waals surface area contributed by atoms with Crippen LogP contribution in [0.15, 0.2) is 28.7 Å². The Balaban J connectivity index is 2.13. The van der Waals surface area contributed by atoms with Crippen LogP contribution in [-0.2, 0) is 4.79 Å². The number of halogens is 1. The number of hydrogen-bond acceptors (Lipinski definition) is 2. The summed E-state index contributed by atoms with van der Waals surface area (Å²) in [6, 6.07) is 6.97. The summed E-state index contributed by atoms with van der Waals surface area (Å²) in [6.45, 7) is 0.558. The molecule has 0 radical (unpaired) electrons. The third-order valence-electron chi connectivity index (χ3n) is 2.49. The van der Waals surface area contributed by atoms with Crippen molar-refractivity contribution >= 4 is 33.6 Å². The van der Waals surface area contributed by atoms with Crippen LogP contribution in [0, 0.1) is 0 Å². The van der Waals surface area contributed by atoms with Crippen molar-refractivity contribution in [1.82, 2.24) is 5.32 Å². The number of unbranched alkanes of at least 4 members (excludes halogenated alkanes) is 2. The number of carbonyl (C=O) groups excluding carboxylic acids is 2. The molecule has 3 amide bonds. The highest BCUT2D eigenvalue weighted by atomic mass is 79.9. The van der Waals surface area contributed by atoms with Gasteiger partial charge in [-0.05, 0) is 31.0 Å². The molecular formula is C13H18BrN3O2. The molecule has 19 heavy (non-hydrogen) atoms. The minimum absolute atomic E-state index is 0.000889. The highest BCUT2D eigenvalue weighted by Crippen LogP contribution is 2.16. The topological polar surface area (TPSA) is 84.2 Å². The summed E-state index contributed by atoms with van der Waals surface area (Å²) in [5.74, 6) is 0.000889. The van der Waals surface area contributed by atoms with Gasteiger partial charge in [0.05, 0.1) is 0 Å². The molecule has 0 fully saturated rings. The zero-order valence-corrected chi connectivity index (χ0v) is 12.2. The van der Waals surface area contributed by atoms with Crippen LogP contribution in [-0.4, -0.2) is 18.5 Å². The van der Waals surface area contributed by atoms with Gasteiger partial charge in [0.15, 0.2) is 0 Å². The quantitative estimate of drug-likeness (QED) is 0.672. The standard InChI is InChI=1S/C13H18BrN3O2/c14-10-5-4-6-11(9-10)17-12(18)7-2-1-3-8-16-13(15)19/h4-6,9H,1-3,7-8H2,(H,17,18)(H3,15,16,19). The maximum absolute atomic E-state index is 11.6. The Bertz CT molecular complexity index is 438. The minimum Gasteiger partial charge on any atom is -0.352 e. The van der Waals surface area contributed by atoms with E-state index in [0.717, 1.165) is 29.4 Å². The largest absolute Gasteiger partial charge is 0.352 e. The summed E-state index contributed by atoms with van der Waals surface area (Å²) in [4.78, 5) is 22.1. The fourth-order valence-corrected chi connectivity index (χ4v) is 1.99. The van der Waals surface area contributed by atoms with Crippen molar-refractivity contribution in [3.8, 4) is 0 Å². The van der Waals surface area contributed by atoms with Crippen molar-refractivity contribution in [3.63, 3.8) is 0 Å². The molecule has 0 atom stereocenters. The lowest BCUT2D eigenvalue weighted by Gasteiger charge is -2.05. The average Bonchev–Trinajstić information content (AvgIpc) is 2.33. The van der Waals surface area contributed by atoms with Gasteiger partial charge in [0.2, 0.25) is 5.91 Å². The first-order valence-corrected chi connectivity index (χ1v) is 6.96. The van der Waals surface area contributed by atoms with Gasteiger partial charge >= 0.3 is 6.03 Å². The van der Waals surface area contributed by atoms with Crippen LogP contribution in [0.3, 0.4) is 0 Å². The molecule has 0 bridgehead atoms. The van der Waals surface area contributed by atoms with Crippen LogP contribution < -0.4 is 16.4 Å². The number of carbonyl (C=O) groups is 2. The number of rotatable bonds is 7. The lowest BCUT2D eigenvalue weighted by molar-refractivity contribution is -0.116. The summed E-state index contributed by atoms with van der Waals surface area (Å²) in [7, 11) is 0. The molecule has 104 valence electrons. The predicted molar refractivity (Wildman–Crippen MR) is 78.8 cm³/mol. The van der Waals surface area contributed by atoms with Gasteiger partial charge in [0.1, 0.15) is 0 Å². The van der Waals surface area contributed by atoms with Gasteiger partial charge in [-0.15, -0.1) is 0 Å². The highest BCUT2D eigenvalue weighted by Gasteiger charge is 2.02. The molecule has 0 aliphatic rings. The van der Waals surface area contributed by atoms with Crippen molar-refractivity contribution in [2.45, 2.75) is 25.7 Å². The molecule has 0 unspecified atom stereocenters. The van der Waals surface area contributed by atoms with E-state index in [0.29, 0.717) is 13.0 Å². The monoisotopic (exact) mass is 327 g/mol. The van der Waals surface area contributed by atoms with Crippen LogP contribution >= 0.6 is 15.9 Å². The average molecular weight is 328 g/mol. The zero-order chi connectivity index (χ0) is 14.1. The van der Waals surface area contributed by atoms with Crippen LogP contribution in [0.5, 0.6) is 0 Å². The van der Waals surface area contributed by atoms with Crippen LogP contribution in [0.2, 0.25) is 0 Å². The number of primary amides is 1. The van der Waals surface area contributed by atoms with E-state index in [4.69, 9.17) is 5.73 Å². The molecule has 0 heterocycles. The van der Waals surface area contributed by atoms with E-state index in [1.165, 1.54) is 0 Å². The smallest absolute Gasteiger partial charge is 0.312 e. The minimum atomic E-state index is -0.507. The third-order valence-corrected chi connectivity index (χ3v) is 2.98. The van der Waals surface area contributed by atoms with Crippen molar-refractivity contribution in [2.75, 3.05) is 11.9 Å². The van der Waals surface area contributed by atoms with E-state index in [9.17, 15) is 9.59 Å². The Labute approximate surface area is 121 Å². The summed E-state index contributed by atoms with van der Waals surface area (Å²) in [6.07, 6.45) is 2.97. The van der Waals surface area contributed by atoms with E-state index in [1.54, 1.807) is 0 Å². The van der Waals surface area contributed by atoms with Gasteiger partial charge in [-0.25, -0.2) is 4.79 Å². The molecule has 0 aliphatic carbocycles. The van der Waals surface area contributed by atoms with Crippen molar-refractivity contribution in [1.29, 1.82) is 0 Å². The molecule has 5 nitrogen and oxygen atoms in total. The molecule has 0 saturated carbocycles. The van der Waals surface area contributed by atoms with Crippen LogP contribution in [0.1, 0.15) is 25.7 Å². The zero-order valence-electron chi connectivity index (χ0n) is 10.6. The van der Waals surface area contributed by atoms with E-state index in [-0.39, 0.29) is 5.91 Å². The lowest BCUT2D eigenvalue weighted by atomic mass is 10.2. The summed E-state index contributed by atoms with van der Waals surface area (Å²) in [5.41, 5.74) is 5.72. The second-order valence-electron chi connectivity index (χ2n) is 4.16. The molecule has 4 N–H and O–H groups in total. The maximum Gasteiger partial charge on any atom is 0.312 e. The van der Waals surface area contributed by atoms with Gasteiger partial charge < -0.3 is 16.4 Å². The second-order valence-corrected chi connectivity index (χ2v) is 5.08. The van der Waals surface area contributed by atoms with Crippen LogP contribution in [0.25, 0.3) is 0 Å². The van der Waals surface area contributed by atoms with Gasteiger partial charge in [0.25, 0.3) is 0 Å². The molecule has 0 saturated heterocycles. The number of benzene rings is 1. The molecule has 1 rings (SSSR count). The lowest BCUT2D eigenvalue weighted by Crippen LogP contribution is -2.29. The number of urea groups is 1. The van der Waals surface area contributed by atoms with Crippen LogP contribution in [0.4, 0.5) is 10.5 Å². The highest BCUT2D eigenvalue weighted by molar-refractivity contribution is 9.10. The first-order valence-electron chi connectivity index (χ1n) is 6.16. The fraction of sp³-hybridized carbons (Fsp3) is 0.385. The number of nitrogens with two attached hydrogens (primary N) is 1. The van der Waals surface area contributed by atoms with Gasteiger partial charge in [-0.2, -0.15) is 0 Å². The maximum atomic E-state index is 11.6. The number of hydrogen-bond donors (Lipinski definition) is 3.